The van der Waals surface area contributed by atoms with Crippen LogP contribution in [-0.4, -0.2) is 49.4 Å². The Morgan fingerprint density at radius 2 is 2.03 bits per heavy atom. The lowest BCUT2D eigenvalue weighted by Crippen LogP contribution is -2.16. The van der Waals surface area contributed by atoms with Gasteiger partial charge in [-0.05, 0) is 36.6 Å². The van der Waals surface area contributed by atoms with Crippen LogP contribution in [0.1, 0.15) is 24.4 Å². The molecule has 1 aliphatic rings. The maximum Gasteiger partial charge on any atom is 0.284 e. The van der Waals surface area contributed by atoms with Crippen molar-refractivity contribution >= 4 is 28.0 Å². The van der Waals surface area contributed by atoms with Gasteiger partial charge in [-0.2, -0.15) is 13.5 Å². The van der Waals surface area contributed by atoms with Crippen molar-refractivity contribution < 1.29 is 17.6 Å². The van der Waals surface area contributed by atoms with Crippen LogP contribution in [0.15, 0.2) is 64.2 Å². The average Bonchev–Trinajstić information content (AvgIpc) is 3.51. The standard InChI is InChI=1S/C23H24FN5O3S/c1-28(2)15-26-33(31,32)22-12-18(27-23(30)11-16-5-3-4-6-21(16)24)7-10-20(22)17-13-25-29(14-17)19-8-9-19/h3-7,10,12-15,19H,8-9,11H2,1-2H3,(H,27,30)/b26-15+. The second-order valence-electron chi connectivity index (χ2n) is 8.13. The van der Waals surface area contributed by atoms with E-state index in [2.05, 4.69) is 14.8 Å². The van der Waals surface area contributed by atoms with E-state index in [1.165, 1.54) is 29.4 Å². The molecule has 8 nitrogen and oxygen atoms in total. The Bertz CT molecular complexity index is 1310. The summed E-state index contributed by atoms with van der Waals surface area (Å²) >= 11 is 0. The molecule has 33 heavy (non-hydrogen) atoms. The molecule has 3 aromatic rings. The molecule has 1 N–H and O–H groups in total. The molecule has 1 amide bonds. The predicted molar refractivity (Wildman–Crippen MR) is 124 cm³/mol. The number of carbonyl (C=O) groups is 1. The SMILES string of the molecule is CN(C)/C=N/S(=O)(=O)c1cc(NC(=O)Cc2ccccc2F)ccc1-c1cnn(C2CC2)c1. The van der Waals surface area contributed by atoms with Gasteiger partial charge >= 0.3 is 0 Å². The molecule has 10 heteroatoms. The maximum absolute atomic E-state index is 13.9. The number of nitrogens with one attached hydrogen (secondary N) is 1. The second kappa shape index (κ2) is 9.14. The Morgan fingerprint density at radius 3 is 2.73 bits per heavy atom. The Kier molecular flexibility index (Phi) is 6.28. The summed E-state index contributed by atoms with van der Waals surface area (Å²) in [7, 11) is -0.743. The molecule has 4 rings (SSSR count). The van der Waals surface area contributed by atoms with Crippen molar-refractivity contribution in [2.75, 3.05) is 19.4 Å². The number of carbonyl (C=O) groups excluding carboxylic acids is 1. The fraction of sp³-hybridized carbons (Fsp3) is 0.261. The molecule has 172 valence electrons. The average molecular weight is 470 g/mol. The van der Waals surface area contributed by atoms with Crippen molar-refractivity contribution in [2.24, 2.45) is 4.40 Å². The normalized spacial score (nSPS) is 13.9. The van der Waals surface area contributed by atoms with Crippen molar-refractivity contribution in [3.8, 4) is 11.1 Å². The third-order valence-electron chi connectivity index (χ3n) is 5.10. The molecule has 0 saturated heterocycles. The van der Waals surface area contributed by atoms with E-state index in [0.717, 1.165) is 12.8 Å². The van der Waals surface area contributed by atoms with Crippen LogP contribution in [0.3, 0.4) is 0 Å². The summed E-state index contributed by atoms with van der Waals surface area (Å²) in [6, 6.07) is 11.0. The molecule has 1 saturated carbocycles. The van der Waals surface area contributed by atoms with Crippen LogP contribution in [0.4, 0.5) is 10.1 Å². The molecule has 0 spiro atoms. The van der Waals surface area contributed by atoms with Gasteiger partial charge in [0, 0.05) is 37.1 Å². The van der Waals surface area contributed by atoms with Gasteiger partial charge in [-0.25, -0.2) is 4.39 Å². The smallest absolute Gasteiger partial charge is 0.284 e. The van der Waals surface area contributed by atoms with Gasteiger partial charge in [0.05, 0.1) is 23.6 Å². The highest BCUT2D eigenvalue weighted by Crippen LogP contribution is 2.37. The summed E-state index contributed by atoms with van der Waals surface area (Å²) in [6.45, 7) is 0. The molecule has 1 fully saturated rings. The molecule has 1 aromatic heterocycles. The summed E-state index contributed by atoms with van der Waals surface area (Å²) in [6.07, 6.45) is 6.56. The lowest BCUT2D eigenvalue weighted by atomic mass is 10.1. The van der Waals surface area contributed by atoms with E-state index in [1.54, 1.807) is 44.6 Å². The molecule has 2 aromatic carbocycles. The van der Waals surface area contributed by atoms with E-state index in [9.17, 15) is 17.6 Å². The first-order chi connectivity index (χ1) is 15.7. The van der Waals surface area contributed by atoms with Gasteiger partial charge < -0.3 is 10.2 Å². The van der Waals surface area contributed by atoms with Gasteiger partial charge in [-0.15, -0.1) is 4.40 Å². The highest BCUT2D eigenvalue weighted by molar-refractivity contribution is 7.90. The zero-order valence-electron chi connectivity index (χ0n) is 18.3. The number of amides is 1. The van der Waals surface area contributed by atoms with Gasteiger partial charge in [0.15, 0.2) is 0 Å². The van der Waals surface area contributed by atoms with Crippen LogP contribution in [0.2, 0.25) is 0 Å². The van der Waals surface area contributed by atoms with Crippen molar-refractivity contribution in [3.05, 3.63) is 66.2 Å². The Labute approximate surface area is 191 Å². The zero-order chi connectivity index (χ0) is 23.6. The summed E-state index contributed by atoms with van der Waals surface area (Å²) in [5.74, 6) is -0.938. The quantitative estimate of drug-likeness (QED) is 0.402. The van der Waals surface area contributed by atoms with Crippen LogP contribution in [0.5, 0.6) is 0 Å². The zero-order valence-corrected chi connectivity index (χ0v) is 19.1. The monoisotopic (exact) mass is 469 g/mol. The highest BCUT2D eigenvalue weighted by Gasteiger charge is 2.26. The Morgan fingerprint density at radius 1 is 1.27 bits per heavy atom. The number of benzene rings is 2. The first-order valence-corrected chi connectivity index (χ1v) is 11.9. The van der Waals surface area contributed by atoms with Crippen LogP contribution < -0.4 is 5.32 Å². The van der Waals surface area contributed by atoms with Gasteiger partial charge in [0.1, 0.15) is 12.2 Å². The van der Waals surface area contributed by atoms with E-state index in [-0.39, 0.29) is 22.6 Å². The minimum Gasteiger partial charge on any atom is -0.368 e. The number of rotatable bonds is 8. The lowest BCUT2D eigenvalue weighted by Gasteiger charge is -2.11. The Hall–Kier alpha value is -3.53. The van der Waals surface area contributed by atoms with Crippen LogP contribution in [0.25, 0.3) is 11.1 Å². The first-order valence-electron chi connectivity index (χ1n) is 10.4. The number of hydrogen-bond acceptors (Lipinski definition) is 4. The number of hydrogen-bond donors (Lipinski definition) is 1. The fourth-order valence-corrected chi connectivity index (χ4v) is 4.47. The molecule has 1 aliphatic carbocycles. The molecule has 0 atom stereocenters. The van der Waals surface area contributed by atoms with Crippen molar-refractivity contribution in [2.45, 2.75) is 30.2 Å². The summed E-state index contributed by atoms with van der Waals surface area (Å²) in [4.78, 5) is 13.9. The molecular weight excluding hydrogens is 445 g/mol. The predicted octanol–water partition coefficient (Wildman–Crippen LogP) is 3.48. The van der Waals surface area contributed by atoms with Gasteiger partial charge in [0.25, 0.3) is 10.0 Å². The summed E-state index contributed by atoms with van der Waals surface area (Å²) < 4.78 is 45.5. The number of halogens is 1. The van der Waals surface area contributed by atoms with Crippen molar-refractivity contribution in [1.29, 1.82) is 0 Å². The van der Waals surface area contributed by atoms with E-state index in [1.807, 2.05) is 10.9 Å². The molecular formula is C23H24FN5O3S. The fourth-order valence-electron chi connectivity index (χ4n) is 3.30. The van der Waals surface area contributed by atoms with E-state index >= 15 is 0 Å². The first kappa shape index (κ1) is 22.7. The van der Waals surface area contributed by atoms with Crippen LogP contribution in [0, 0.1) is 5.82 Å². The summed E-state index contributed by atoms with van der Waals surface area (Å²) in [5.41, 5.74) is 1.60. The molecule has 0 unspecified atom stereocenters. The highest BCUT2D eigenvalue weighted by atomic mass is 32.2. The van der Waals surface area contributed by atoms with Gasteiger partial charge in [-0.3, -0.25) is 9.48 Å². The lowest BCUT2D eigenvalue weighted by molar-refractivity contribution is -0.115. The molecule has 0 radical (unpaired) electrons. The molecule has 0 bridgehead atoms. The number of anilines is 1. The van der Waals surface area contributed by atoms with Gasteiger partial charge in [-0.1, -0.05) is 24.3 Å². The van der Waals surface area contributed by atoms with Crippen LogP contribution >= 0.6 is 0 Å². The third kappa shape index (κ3) is 5.46. The third-order valence-corrected chi connectivity index (χ3v) is 6.37. The Balaban J connectivity index is 1.66. The van der Waals surface area contributed by atoms with Crippen molar-refractivity contribution in [1.82, 2.24) is 14.7 Å². The summed E-state index contributed by atoms with van der Waals surface area (Å²) in [5, 5.41) is 7.00. The number of nitrogens with zero attached hydrogens (tertiary/aromatic N) is 4. The minimum atomic E-state index is -4.07. The van der Waals surface area contributed by atoms with E-state index in [0.29, 0.717) is 17.2 Å². The van der Waals surface area contributed by atoms with Gasteiger partial charge in [0.2, 0.25) is 5.91 Å². The topological polar surface area (TPSA) is 96.7 Å². The van der Waals surface area contributed by atoms with E-state index in [4.69, 9.17) is 0 Å². The van der Waals surface area contributed by atoms with E-state index < -0.39 is 21.7 Å². The minimum absolute atomic E-state index is 0.0559. The molecule has 0 aliphatic heterocycles. The number of sulfonamides is 1. The largest absolute Gasteiger partial charge is 0.368 e. The van der Waals surface area contributed by atoms with Crippen molar-refractivity contribution in [3.63, 3.8) is 0 Å². The molecule has 1 heterocycles. The maximum atomic E-state index is 13.9. The second-order valence-corrected chi connectivity index (χ2v) is 9.73. The van der Waals surface area contributed by atoms with Crippen LogP contribution in [-0.2, 0) is 21.2 Å². The number of aromatic nitrogens is 2.